The van der Waals surface area contributed by atoms with E-state index in [1.54, 1.807) is 0 Å². The highest BCUT2D eigenvalue weighted by molar-refractivity contribution is 5.29. The molecule has 22 heavy (non-hydrogen) atoms. The van der Waals surface area contributed by atoms with Gasteiger partial charge in [0.2, 0.25) is 0 Å². The molecule has 0 bridgehead atoms. The van der Waals surface area contributed by atoms with E-state index in [4.69, 9.17) is 0 Å². The molecular weight excluding hydrogens is 272 g/mol. The second-order valence-electron chi connectivity index (χ2n) is 8.68. The first-order valence-corrected chi connectivity index (χ1v) is 8.86. The van der Waals surface area contributed by atoms with E-state index in [1.165, 1.54) is 6.42 Å². The van der Waals surface area contributed by atoms with Crippen LogP contribution in [-0.4, -0.2) is 10.2 Å². The van der Waals surface area contributed by atoms with Gasteiger partial charge >= 0.3 is 0 Å². The summed E-state index contributed by atoms with van der Waals surface area (Å²) in [5, 5.41) is 20.3. The number of fused-ring (bicyclic) bond motifs is 5. The lowest BCUT2D eigenvalue weighted by Gasteiger charge is -2.59. The zero-order chi connectivity index (χ0) is 15.7. The summed E-state index contributed by atoms with van der Waals surface area (Å²) in [5.74, 6) is 4.13. The van der Waals surface area contributed by atoms with Crippen molar-refractivity contribution in [1.82, 2.24) is 0 Å². The van der Waals surface area contributed by atoms with Gasteiger partial charge in [0.05, 0.1) is 5.76 Å². The van der Waals surface area contributed by atoms with Crippen molar-refractivity contribution >= 4 is 0 Å². The summed E-state index contributed by atoms with van der Waals surface area (Å²) in [4.78, 5) is 0. The fourth-order valence-electron chi connectivity index (χ4n) is 6.37. The molecule has 7 atom stereocenters. The van der Waals surface area contributed by atoms with E-state index in [2.05, 4.69) is 39.0 Å². The van der Waals surface area contributed by atoms with Gasteiger partial charge in [0.25, 0.3) is 0 Å². The molecule has 2 fully saturated rings. The monoisotopic (exact) mass is 300 g/mol. The van der Waals surface area contributed by atoms with Gasteiger partial charge in [-0.2, -0.15) is 0 Å². The number of rotatable bonds is 0. The maximum absolute atomic E-state index is 10.4. The molecule has 2 nitrogen and oxygen atoms in total. The van der Waals surface area contributed by atoms with Gasteiger partial charge in [-0.25, -0.2) is 0 Å². The largest absolute Gasteiger partial charge is 0.512 e. The van der Waals surface area contributed by atoms with E-state index in [0.29, 0.717) is 41.1 Å². The van der Waals surface area contributed by atoms with Crippen molar-refractivity contribution in [3.8, 4) is 0 Å². The number of aliphatic hydroxyl groups is 2. The molecule has 0 aromatic heterocycles. The van der Waals surface area contributed by atoms with E-state index in [-0.39, 0.29) is 10.8 Å². The molecule has 4 rings (SSSR count). The van der Waals surface area contributed by atoms with E-state index in [0.717, 1.165) is 19.3 Å². The quantitative estimate of drug-likeness (QED) is 0.649. The van der Waals surface area contributed by atoms with Crippen molar-refractivity contribution in [3.63, 3.8) is 0 Å². The summed E-state index contributed by atoms with van der Waals surface area (Å²) >= 11 is 0. The number of hydrogen-bond donors (Lipinski definition) is 2. The molecule has 0 spiro atoms. The Balaban J connectivity index is 1.73. The third-order valence-corrected chi connectivity index (χ3v) is 7.74. The first-order valence-electron chi connectivity index (χ1n) is 8.86. The maximum Gasteiger partial charge on any atom is 0.111 e. The molecule has 0 aromatic carbocycles. The van der Waals surface area contributed by atoms with Gasteiger partial charge in [-0.1, -0.05) is 26.8 Å². The Morgan fingerprint density at radius 2 is 1.95 bits per heavy atom. The molecular formula is C20H28O2. The highest BCUT2D eigenvalue weighted by atomic mass is 16.3. The van der Waals surface area contributed by atoms with Gasteiger partial charge in [-0.15, -0.1) is 0 Å². The predicted octanol–water partition coefficient (Wildman–Crippen LogP) is 5.15. The van der Waals surface area contributed by atoms with Crippen LogP contribution in [0.5, 0.6) is 0 Å². The summed E-state index contributed by atoms with van der Waals surface area (Å²) in [5.41, 5.74) is 0.179. The Kier molecular flexibility index (Phi) is 2.90. The van der Waals surface area contributed by atoms with Crippen molar-refractivity contribution in [1.29, 1.82) is 0 Å². The second kappa shape index (κ2) is 4.43. The lowest BCUT2D eigenvalue weighted by atomic mass is 9.45. The third kappa shape index (κ3) is 1.67. The van der Waals surface area contributed by atoms with Crippen LogP contribution in [0, 0.1) is 40.4 Å². The summed E-state index contributed by atoms with van der Waals surface area (Å²) in [7, 11) is 0. The van der Waals surface area contributed by atoms with E-state index in [9.17, 15) is 10.2 Å². The first-order chi connectivity index (χ1) is 10.4. The highest BCUT2D eigenvalue weighted by Gasteiger charge is 2.59. The highest BCUT2D eigenvalue weighted by Crippen LogP contribution is 2.65. The van der Waals surface area contributed by atoms with Crippen LogP contribution in [-0.2, 0) is 0 Å². The Morgan fingerprint density at radius 1 is 1.18 bits per heavy atom. The van der Waals surface area contributed by atoms with Gasteiger partial charge < -0.3 is 10.2 Å². The molecule has 0 saturated heterocycles. The summed E-state index contributed by atoms with van der Waals surface area (Å²) in [6.45, 7) is 7.06. The van der Waals surface area contributed by atoms with Crippen molar-refractivity contribution in [2.75, 3.05) is 0 Å². The fourth-order valence-corrected chi connectivity index (χ4v) is 6.37. The first kappa shape index (κ1) is 14.4. The molecule has 4 aliphatic rings. The second-order valence-corrected chi connectivity index (χ2v) is 8.68. The molecule has 2 heteroatoms. The molecule has 0 radical (unpaired) electrons. The standard InChI is InChI=1S/C20H28O2/c1-12-10-13-11-14(21)6-8-19(13,2)16-7-9-20(3)15(18(12)16)4-5-17(20)22/h5-6,8,11-13,15-16,18,21-22H,4,7,9-10H2,1-3H3/t12-,13+,15-,16-,18-,19-,20-/m0/s1. The van der Waals surface area contributed by atoms with Crippen molar-refractivity contribution < 1.29 is 10.2 Å². The molecule has 0 amide bonds. The van der Waals surface area contributed by atoms with E-state index in [1.807, 2.05) is 6.08 Å². The van der Waals surface area contributed by atoms with Gasteiger partial charge in [-0.3, -0.25) is 0 Å². The molecule has 0 heterocycles. The molecule has 2 N–H and O–H groups in total. The summed E-state index contributed by atoms with van der Waals surface area (Å²) in [6.07, 6.45) is 12.8. The third-order valence-electron chi connectivity index (χ3n) is 7.74. The van der Waals surface area contributed by atoms with E-state index >= 15 is 0 Å². The van der Waals surface area contributed by atoms with Crippen LogP contribution in [0.2, 0.25) is 0 Å². The Hall–Kier alpha value is -1.18. The lowest BCUT2D eigenvalue weighted by molar-refractivity contribution is -0.0854. The minimum absolute atomic E-state index is 0.00891. The Labute approximate surface area is 133 Å². The predicted molar refractivity (Wildman–Crippen MR) is 88.4 cm³/mol. The van der Waals surface area contributed by atoms with Gasteiger partial charge in [0.15, 0.2) is 0 Å². The van der Waals surface area contributed by atoms with Crippen LogP contribution >= 0.6 is 0 Å². The Morgan fingerprint density at radius 3 is 2.73 bits per heavy atom. The van der Waals surface area contributed by atoms with Crippen molar-refractivity contribution in [2.45, 2.75) is 46.5 Å². The normalized spacial score (nSPS) is 53.1. The SMILES string of the molecule is C[C@H]1C[C@@H]2C=C(O)C=C[C@]2(C)[C@H]2CC[C@]3(C)C(O)=CC[C@H]3[C@H]12. The average molecular weight is 300 g/mol. The number of aliphatic hydroxyl groups excluding tert-OH is 2. The van der Waals surface area contributed by atoms with Gasteiger partial charge in [0.1, 0.15) is 5.76 Å². The molecule has 2 saturated carbocycles. The van der Waals surface area contributed by atoms with Crippen LogP contribution in [0.15, 0.2) is 35.8 Å². The number of hydrogen-bond acceptors (Lipinski definition) is 2. The summed E-state index contributed by atoms with van der Waals surface area (Å²) < 4.78 is 0. The van der Waals surface area contributed by atoms with Crippen LogP contribution in [0.4, 0.5) is 0 Å². The zero-order valence-electron chi connectivity index (χ0n) is 13.9. The fraction of sp³-hybridized carbons (Fsp3) is 0.700. The Bertz CT molecular complexity index is 587. The van der Waals surface area contributed by atoms with E-state index < -0.39 is 0 Å². The van der Waals surface area contributed by atoms with Crippen LogP contribution in [0.1, 0.15) is 46.5 Å². The summed E-state index contributed by atoms with van der Waals surface area (Å²) in [6, 6.07) is 0. The molecule has 0 aromatic rings. The molecule has 120 valence electrons. The van der Waals surface area contributed by atoms with Crippen LogP contribution in [0.25, 0.3) is 0 Å². The van der Waals surface area contributed by atoms with Gasteiger partial charge in [0, 0.05) is 5.41 Å². The van der Waals surface area contributed by atoms with Crippen molar-refractivity contribution in [2.24, 2.45) is 40.4 Å². The molecule has 0 unspecified atom stereocenters. The van der Waals surface area contributed by atoms with Crippen LogP contribution < -0.4 is 0 Å². The maximum atomic E-state index is 10.4. The number of allylic oxidation sites excluding steroid dienone is 5. The minimum atomic E-state index is 0.00891. The topological polar surface area (TPSA) is 40.5 Å². The lowest BCUT2D eigenvalue weighted by Crippen LogP contribution is -2.53. The average Bonchev–Trinajstić information content (AvgIpc) is 2.77. The van der Waals surface area contributed by atoms with Crippen LogP contribution in [0.3, 0.4) is 0 Å². The molecule has 4 aliphatic carbocycles. The molecule has 0 aliphatic heterocycles. The van der Waals surface area contributed by atoms with Gasteiger partial charge in [-0.05, 0) is 78.9 Å². The van der Waals surface area contributed by atoms with Crippen molar-refractivity contribution in [3.05, 3.63) is 35.8 Å². The minimum Gasteiger partial charge on any atom is -0.512 e. The zero-order valence-corrected chi connectivity index (χ0v) is 13.9. The smallest absolute Gasteiger partial charge is 0.111 e.